The van der Waals surface area contributed by atoms with Gasteiger partial charge in [0.25, 0.3) is 0 Å². The van der Waals surface area contributed by atoms with Crippen LogP contribution in [0.2, 0.25) is 0 Å². The first-order valence-corrected chi connectivity index (χ1v) is 3.75. The lowest BCUT2D eigenvalue weighted by atomic mass is 10.1. The van der Waals surface area contributed by atoms with Crippen LogP contribution >= 0.6 is 0 Å². The van der Waals surface area contributed by atoms with Gasteiger partial charge in [0.1, 0.15) is 0 Å². The lowest BCUT2D eigenvalue weighted by Crippen LogP contribution is -2.12. The topological polar surface area (TPSA) is 34.1 Å². The van der Waals surface area contributed by atoms with Crippen molar-refractivity contribution in [2.45, 2.75) is 12.5 Å². The van der Waals surface area contributed by atoms with Crippen molar-refractivity contribution in [3.05, 3.63) is 30.1 Å². The molecule has 1 N–H and O–H groups in total. The van der Waals surface area contributed by atoms with Crippen LogP contribution in [0, 0.1) is 0 Å². The molecule has 58 valence electrons. The van der Waals surface area contributed by atoms with Crippen molar-refractivity contribution in [2.75, 3.05) is 6.61 Å². The molecule has 1 unspecified atom stereocenters. The Morgan fingerprint density at radius 3 is 3.18 bits per heavy atom. The Morgan fingerprint density at radius 2 is 2.55 bits per heavy atom. The normalized spacial score (nSPS) is 23.8. The lowest BCUT2D eigenvalue weighted by Gasteiger charge is -2.05. The van der Waals surface area contributed by atoms with Gasteiger partial charge in [-0.25, -0.2) is 0 Å². The smallest absolute Gasteiger partial charge is 0.0766 e. The van der Waals surface area contributed by atoms with Gasteiger partial charge in [-0.2, -0.15) is 5.48 Å². The van der Waals surface area contributed by atoms with Gasteiger partial charge >= 0.3 is 0 Å². The van der Waals surface area contributed by atoms with Crippen LogP contribution in [-0.2, 0) is 4.84 Å². The highest BCUT2D eigenvalue weighted by Gasteiger charge is 2.17. The molecule has 0 spiro atoms. The SMILES string of the molecule is c1ccc(C2CCON2)nc1. The van der Waals surface area contributed by atoms with Gasteiger partial charge in [-0.3, -0.25) is 4.98 Å². The van der Waals surface area contributed by atoms with Gasteiger partial charge in [-0.1, -0.05) is 6.07 Å². The molecule has 0 aliphatic carbocycles. The van der Waals surface area contributed by atoms with E-state index in [1.807, 2.05) is 18.2 Å². The van der Waals surface area contributed by atoms with Crippen LogP contribution in [0.4, 0.5) is 0 Å². The molecule has 1 aromatic rings. The highest BCUT2D eigenvalue weighted by Crippen LogP contribution is 2.17. The number of nitrogens with zero attached hydrogens (tertiary/aromatic N) is 1. The second-order valence-electron chi connectivity index (χ2n) is 2.56. The molecule has 2 heterocycles. The maximum atomic E-state index is 5.02. The van der Waals surface area contributed by atoms with Crippen molar-refractivity contribution in [1.82, 2.24) is 10.5 Å². The molecule has 0 saturated carbocycles. The number of hydrogen-bond acceptors (Lipinski definition) is 3. The Kier molecular flexibility index (Phi) is 1.83. The molecule has 3 heteroatoms. The zero-order chi connectivity index (χ0) is 7.52. The zero-order valence-corrected chi connectivity index (χ0v) is 6.16. The van der Waals surface area contributed by atoms with Gasteiger partial charge in [0.2, 0.25) is 0 Å². The van der Waals surface area contributed by atoms with Crippen LogP contribution in [0.5, 0.6) is 0 Å². The van der Waals surface area contributed by atoms with Gasteiger partial charge in [0.05, 0.1) is 18.3 Å². The maximum Gasteiger partial charge on any atom is 0.0766 e. The van der Waals surface area contributed by atoms with E-state index in [4.69, 9.17) is 4.84 Å². The Labute approximate surface area is 65.4 Å². The summed E-state index contributed by atoms with van der Waals surface area (Å²) in [7, 11) is 0. The van der Waals surface area contributed by atoms with E-state index in [9.17, 15) is 0 Å². The van der Waals surface area contributed by atoms with Crippen LogP contribution < -0.4 is 5.48 Å². The summed E-state index contributed by atoms with van der Waals surface area (Å²) in [5.74, 6) is 0. The third kappa shape index (κ3) is 1.39. The van der Waals surface area contributed by atoms with Gasteiger partial charge in [-0.15, -0.1) is 0 Å². The van der Waals surface area contributed by atoms with E-state index in [0.717, 1.165) is 18.7 Å². The molecule has 3 nitrogen and oxygen atoms in total. The highest BCUT2D eigenvalue weighted by atomic mass is 16.7. The first-order valence-electron chi connectivity index (χ1n) is 3.75. The largest absolute Gasteiger partial charge is 0.301 e. The minimum Gasteiger partial charge on any atom is -0.301 e. The highest BCUT2D eigenvalue weighted by molar-refractivity contribution is 5.08. The second kappa shape index (κ2) is 2.98. The Hall–Kier alpha value is -0.930. The molecule has 1 aromatic heterocycles. The molecular formula is C8H10N2O. The molecule has 1 aliphatic heterocycles. The Balaban J connectivity index is 2.16. The predicted molar refractivity (Wildman–Crippen MR) is 40.7 cm³/mol. The van der Waals surface area contributed by atoms with Crippen LogP contribution in [0.1, 0.15) is 18.2 Å². The summed E-state index contributed by atoms with van der Waals surface area (Å²) in [5.41, 5.74) is 3.97. The fourth-order valence-electron chi connectivity index (χ4n) is 1.19. The number of rotatable bonds is 1. The van der Waals surface area contributed by atoms with Crippen LogP contribution in [0.15, 0.2) is 24.4 Å². The van der Waals surface area contributed by atoms with Gasteiger partial charge in [0, 0.05) is 6.20 Å². The monoisotopic (exact) mass is 150 g/mol. The lowest BCUT2D eigenvalue weighted by molar-refractivity contribution is 0.0877. The van der Waals surface area contributed by atoms with Crippen LogP contribution in [0.3, 0.4) is 0 Å². The Morgan fingerprint density at radius 1 is 1.55 bits per heavy atom. The number of pyridine rings is 1. The third-order valence-electron chi connectivity index (χ3n) is 1.78. The van der Waals surface area contributed by atoms with Crippen molar-refractivity contribution in [3.63, 3.8) is 0 Å². The molecule has 1 saturated heterocycles. The first kappa shape index (κ1) is 6.76. The summed E-state index contributed by atoms with van der Waals surface area (Å²) in [5, 5.41) is 0. The summed E-state index contributed by atoms with van der Waals surface area (Å²) in [6.45, 7) is 0.779. The first-order chi connectivity index (χ1) is 5.47. The number of hydroxylamine groups is 1. The van der Waals surface area contributed by atoms with Crippen molar-refractivity contribution in [3.8, 4) is 0 Å². The van der Waals surface area contributed by atoms with Gasteiger partial charge < -0.3 is 4.84 Å². The molecule has 0 amide bonds. The minimum atomic E-state index is 0.288. The molecule has 11 heavy (non-hydrogen) atoms. The summed E-state index contributed by atoms with van der Waals surface area (Å²) in [6.07, 6.45) is 2.81. The number of nitrogens with one attached hydrogen (secondary N) is 1. The van der Waals surface area contributed by atoms with Crippen molar-refractivity contribution in [1.29, 1.82) is 0 Å². The predicted octanol–water partition coefficient (Wildman–Crippen LogP) is 1.05. The molecular weight excluding hydrogens is 140 g/mol. The van der Waals surface area contributed by atoms with E-state index >= 15 is 0 Å². The van der Waals surface area contributed by atoms with E-state index in [1.165, 1.54) is 0 Å². The van der Waals surface area contributed by atoms with Crippen LogP contribution in [0.25, 0.3) is 0 Å². The van der Waals surface area contributed by atoms with Crippen molar-refractivity contribution < 1.29 is 4.84 Å². The quantitative estimate of drug-likeness (QED) is 0.649. The van der Waals surface area contributed by atoms with E-state index < -0.39 is 0 Å². The van der Waals surface area contributed by atoms with E-state index in [-0.39, 0.29) is 6.04 Å². The minimum absolute atomic E-state index is 0.288. The van der Waals surface area contributed by atoms with Gasteiger partial charge in [-0.05, 0) is 18.6 Å². The number of hydrogen-bond donors (Lipinski definition) is 1. The fourth-order valence-corrected chi connectivity index (χ4v) is 1.19. The van der Waals surface area contributed by atoms with Gasteiger partial charge in [0.15, 0.2) is 0 Å². The number of aromatic nitrogens is 1. The summed E-state index contributed by atoms with van der Waals surface area (Å²) < 4.78 is 0. The average Bonchev–Trinajstić information content (AvgIpc) is 2.58. The maximum absolute atomic E-state index is 5.02. The van der Waals surface area contributed by atoms with E-state index in [2.05, 4.69) is 10.5 Å². The summed E-state index contributed by atoms with van der Waals surface area (Å²) >= 11 is 0. The molecule has 0 radical (unpaired) electrons. The summed E-state index contributed by atoms with van der Waals surface area (Å²) in [6, 6.07) is 6.20. The van der Waals surface area contributed by atoms with Crippen LogP contribution in [-0.4, -0.2) is 11.6 Å². The molecule has 0 bridgehead atoms. The van der Waals surface area contributed by atoms with Crippen molar-refractivity contribution in [2.24, 2.45) is 0 Å². The third-order valence-corrected chi connectivity index (χ3v) is 1.78. The van der Waals surface area contributed by atoms with Crippen molar-refractivity contribution >= 4 is 0 Å². The molecule has 1 aliphatic rings. The average molecular weight is 150 g/mol. The Bertz CT molecular complexity index is 219. The molecule has 0 aromatic carbocycles. The summed E-state index contributed by atoms with van der Waals surface area (Å²) in [4.78, 5) is 9.24. The van der Waals surface area contributed by atoms with E-state index in [1.54, 1.807) is 6.20 Å². The molecule has 2 rings (SSSR count). The molecule has 1 fully saturated rings. The molecule has 1 atom stereocenters. The standard InChI is InChI=1S/C8H10N2O/c1-2-5-9-7(3-1)8-4-6-11-10-8/h1-3,5,8,10H,4,6H2. The fraction of sp³-hybridized carbons (Fsp3) is 0.375. The second-order valence-corrected chi connectivity index (χ2v) is 2.56. The zero-order valence-electron chi connectivity index (χ0n) is 6.16. The van der Waals surface area contributed by atoms with E-state index in [0.29, 0.717) is 0 Å².